The van der Waals surface area contributed by atoms with Crippen molar-refractivity contribution in [1.29, 1.82) is 0 Å². The minimum absolute atomic E-state index is 0.991. The molecule has 0 aliphatic heterocycles. The van der Waals surface area contributed by atoms with Crippen LogP contribution in [0.4, 0.5) is 0 Å². The molecule has 0 aliphatic rings. The molecule has 0 unspecified atom stereocenters. The van der Waals surface area contributed by atoms with Crippen LogP contribution < -0.4 is 5.32 Å². The number of hydrogen-bond acceptors (Lipinski definition) is 2. The Morgan fingerprint density at radius 1 is 1.33 bits per heavy atom. The van der Waals surface area contributed by atoms with Crippen LogP contribution in [0, 0.1) is 0 Å². The van der Waals surface area contributed by atoms with E-state index in [4.69, 9.17) is 0 Å². The second kappa shape index (κ2) is 4.75. The van der Waals surface area contributed by atoms with E-state index >= 15 is 0 Å². The predicted octanol–water partition coefficient (Wildman–Crippen LogP) is 1.84. The highest BCUT2D eigenvalue weighted by Crippen LogP contribution is 2.21. The molecular formula is C12H15N3. The minimum Gasteiger partial charge on any atom is -0.345 e. The van der Waals surface area contributed by atoms with Gasteiger partial charge in [-0.05, 0) is 25.6 Å². The average Bonchev–Trinajstić information content (AvgIpc) is 2.80. The summed E-state index contributed by atoms with van der Waals surface area (Å²) in [5.41, 5.74) is 3.67. The Hall–Kier alpha value is -1.61. The molecule has 0 amide bonds. The van der Waals surface area contributed by atoms with Crippen molar-refractivity contribution in [2.24, 2.45) is 0 Å². The molecule has 1 heterocycles. The third-order valence-corrected chi connectivity index (χ3v) is 2.45. The molecule has 0 atom stereocenters. The molecule has 1 aromatic carbocycles. The quantitative estimate of drug-likeness (QED) is 0.792. The molecule has 2 rings (SSSR count). The molecule has 3 nitrogen and oxygen atoms in total. The molecule has 2 aromatic rings. The van der Waals surface area contributed by atoms with Gasteiger partial charge in [0.2, 0.25) is 0 Å². The van der Waals surface area contributed by atoms with Crippen LogP contribution in [-0.4, -0.2) is 23.6 Å². The molecule has 0 spiro atoms. The van der Waals surface area contributed by atoms with Crippen LogP contribution in [0.3, 0.4) is 0 Å². The second-order valence-corrected chi connectivity index (χ2v) is 3.48. The fraction of sp³-hybridized carbons (Fsp3) is 0.250. The van der Waals surface area contributed by atoms with E-state index in [1.54, 1.807) is 6.33 Å². The zero-order valence-corrected chi connectivity index (χ0v) is 8.83. The lowest BCUT2D eigenvalue weighted by Gasteiger charge is -2.06. The van der Waals surface area contributed by atoms with Gasteiger partial charge in [-0.1, -0.05) is 24.3 Å². The van der Waals surface area contributed by atoms with E-state index in [9.17, 15) is 0 Å². The number of nitrogens with one attached hydrogen (secondary N) is 2. The number of hydrogen-bond donors (Lipinski definition) is 2. The summed E-state index contributed by atoms with van der Waals surface area (Å²) in [6.45, 7) is 0.991. The van der Waals surface area contributed by atoms with Crippen molar-refractivity contribution < 1.29 is 0 Å². The molecule has 0 fully saturated rings. The van der Waals surface area contributed by atoms with Crippen molar-refractivity contribution in [3.05, 3.63) is 42.4 Å². The Kier molecular flexibility index (Phi) is 3.15. The van der Waals surface area contributed by atoms with Crippen LogP contribution in [0.15, 0.2) is 36.8 Å². The van der Waals surface area contributed by atoms with Gasteiger partial charge in [-0.25, -0.2) is 4.98 Å². The Labute approximate surface area is 89.6 Å². The topological polar surface area (TPSA) is 40.7 Å². The van der Waals surface area contributed by atoms with E-state index in [1.165, 1.54) is 11.1 Å². The van der Waals surface area contributed by atoms with Crippen molar-refractivity contribution in [3.63, 3.8) is 0 Å². The van der Waals surface area contributed by atoms with E-state index in [0.29, 0.717) is 0 Å². The van der Waals surface area contributed by atoms with Gasteiger partial charge >= 0.3 is 0 Å². The normalized spacial score (nSPS) is 10.5. The summed E-state index contributed by atoms with van der Waals surface area (Å²) in [6.07, 6.45) is 4.61. The summed E-state index contributed by atoms with van der Waals surface area (Å²) in [4.78, 5) is 7.19. The summed E-state index contributed by atoms with van der Waals surface area (Å²) in [7, 11) is 1.97. The first kappa shape index (κ1) is 9.93. The molecule has 0 radical (unpaired) electrons. The predicted molar refractivity (Wildman–Crippen MR) is 61.7 cm³/mol. The summed E-state index contributed by atoms with van der Waals surface area (Å²) < 4.78 is 0. The summed E-state index contributed by atoms with van der Waals surface area (Å²) in [6, 6.07) is 8.41. The van der Waals surface area contributed by atoms with Gasteiger partial charge in [0, 0.05) is 5.56 Å². The molecule has 3 heteroatoms. The highest BCUT2D eigenvalue weighted by atomic mass is 14.9. The van der Waals surface area contributed by atoms with Crippen LogP contribution in [-0.2, 0) is 6.42 Å². The highest BCUT2D eigenvalue weighted by Gasteiger charge is 2.04. The van der Waals surface area contributed by atoms with E-state index in [2.05, 4.69) is 39.6 Å². The van der Waals surface area contributed by atoms with Crippen molar-refractivity contribution >= 4 is 0 Å². The third kappa shape index (κ3) is 2.25. The van der Waals surface area contributed by atoms with Crippen LogP contribution in [0.1, 0.15) is 5.56 Å². The van der Waals surface area contributed by atoms with Gasteiger partial charge in [-0.15, -0.1) is 0 Å². The maximum Gasteiger partial charge on any atom is 0.0924 e. The molecule has 78 valence electrons. The lowest BCUT2D eigenvalue weighted by atomic mass is 10.0. The van der Waals surface area contributed by atoms with Gasteiger partial charge in [0.15, 0.2) is 0 Å². The van der Waals surface area contributed by atoms with Crippen LogP contribution in [0.5, 0.6) is 0 Å². The minimum atomic E-state index is 0.991. The number of likely N-dealkylation sites (N-methyl/N-ethyl adjacent to an activating group) is 1. The number of benzene rings is 1. The standard InChI is InChI=1S/C12H15N3/c1-13-7-6-10-4-2-3-5-11(10)12-8-14-9-15-12/h2-5,8-9,13H,6-7H2,1H3,(H,14,15). The molecule has 2 N–H and O–H groups in total. The average molecular weight is 201 g/mol. The maximum atomic E-state index is 4.05. The largest absolute Gasteiger partial charge is 0.345 e. The van der Waals surface area contributed by atoms with Crippen molar-refractivity contribution in [3.8, 4) is 11.3 Å². The molecule has 0 saturated heterocycles. The highest BCUT2D eigenvalue weighted by molar-refractivity contribution is 5.62. The zero-order chi connectivity index (χ0) is 10.5. The van der Waals surface area contributed by atoms with Crippen molar-refractivity contribution in [2.75, 3.05) is 13.6 Å². The molecular weight excluding hydrogens is 186 g/mol. The zero-order valence-electron chi connectivity index (χ0n) is 8.83. The van der Waals surface area contributed by atoms with E-state index in [0.717, 1.165) is 18.7 Å². The molecule has 15 heavy (non-hydrogen) atoms. The van der Waals surface area contributed by atoms with Gasteiger partial charge in [-0.2, -0.15) is 0 Å². The van der Waals surface area contributed by atoms with Gasteiger partial charge < -0.3 is 10.3 Å². The number of aromatic nitrogens is 2. The number of H-pyrrole nitrogens is 1. The van der Waals surface area contributed by atoms with Gasteiger partial charge in [-0.3, -0.25) is 0 Å². The van der Waals surface area contributed by atoms with E-state index in [1.807, 2.05) is 13.2 Å². The van der Waals surface area contributed by atoms with Gasteiger partial charge in [0.25, 0.3) is 0 Å². The first-order valence-corrected chi connectivity index (χ1v) is 5.13. The monoisotopic (exact) mass is 201 g/mol. The van der Waals surface area contributed by atoms with Crippen LogP contribution >= 0.6 is 0 Å². The van der Waals surface area contributed by atoms with Gasteiger partial charge in [0.1, 0.15) is 0 Å². The maximum absolute atomic E-state index is 4.05. The first-order valence-electron chi connectivity index (χ1n) is 5.13. The molecule has 0 aliphatic carbocycles. The molecule has 0 bridgehead atoms. The second-order valence-electron chi connectivity index (χ2n) is 3.48. The first-order chi connectivity index (χ1) is 7.42. The third-order valence-electron chi connectivity index (χ3n) is 2.45. The lowest BCUT2D eigenvalue weighted by Crippen LogP contribution is -2.10. The Morgan fingerprint density at radius 2 is 2.20 bits per heavy atom. The number of aromatic amines is 1. The Balaban J connectivity index is 2.30. The fourth-order valence-corrected chi connectivity index (χ4v) is 1.66. The Morgan fingerprint density at radius 3 is 2.93 bits per heavy atom. The summed E-state index contributed by atoms with van der Waals surface area (Å²) >= 11 is 0. The SMILES string of the molecule is CNCCc1ccccc1-c1cnc[nH]1. The van der Waals surface area contributed by atoms with E-state index in [-0.39, 0.29) is 0 Å². The molecule has 0 saturated carbocycles. The Bertz CT molecular complexity index is 407. The number of rotatable bonds is 4. The van der Waals surface area contributed by atoms with Crippen LogP contribution in [0.25, 0.3) is 11.3 Å². The fourth-order valence-electron chi connectivity index (χ4n) is 1.66. The van der Waals surface area contributed by atoms with Crippen LogP contribution in [0.2, 0.25) is 0 Å². The number of imidazole rings is 1. The molecule has 1 aromatic heterocycles. The van der Waals surface area contributed by atoms with E-state index < -0.39 is 0 Å². The van der Waals surface area contributed by atoms with Gasteiger partial charge in [0.05, 0.1) is 18.2 Å². The summed E-state index contributed by atoms with van der Waals surface area (Å²) in [5.74, 6) is 0. The van der Waals surface area contributed by atoms with Crippen molar-refractivity contribution in [1.82, 2.24) is 15.3 Å². The smallest absolute Gasteiger partial charge is 0.0924 e. The number of nitrogens with zero attached hydrogens (tertiary/aromatic N) is 1. The summed E-state index contributed by atoms with van der Waals surface area (Å²) in [5, 5.41) is 3.16. The van der Waals surface area contributed by atoms with Crippen molar-refractivity contribution in [2.45, 2.75) is 6.42 Å². The lowest BCUT2D eigenvalue weighted by molar-refractivity contribution is 0.792.